The summed E-state index contributed by atoms with van der Waals surface area (Å²) in [5, 5.41) is 3.94. The van der Waals surface area contributed by atoms with E-state index in [0.717, 1.165) is 11.3 Å². The number of furan rings is 1. The van der Waals surface area contributed by atoms with Crippen molar-refractivity contribution in [1.82, 2.24) is 15.0 Å². The number of benzene rings is 1. The molecule has 0 saturated heterocycles. The van der Waals surface area contributed by atoms with Crippen molar-refractivity contribution in [2.75, 3.05) is 7.05 Å². The maximum atomic E-state index is 12.1. The summed E-state index contributed by atoms with van der Waals surface area (Å²) in [6.45, 7) is 0.449. The monoisotopic (exact) mass is 311 g/mol. The van der Waals surface area contributed by atoms with Crippen molar-refractivity contribution in [3.05, 3.63) is 60.4 Å². The average Bonchev–Trinajstić information content (AvgIpc) is 3.25. The minimum absolute atomic E-state index is 0.000797. The van der Waals surface area contributed by atoms with Gasteiger partial charge in [-0.2, -0.15) is 4.98 Å². The number of aromatic nitrogens is 2. The Labute approximate surface area is 133 Å². The molecule has 3 rings (SSSR count). The summed E-state index contributed by atoms with van der Waals surface area (Å²) in [6.07, 6.45) is 2.33. The quantitative estimate of drug-likeness (QED) is 0.700. The minimum atomic E-state index is 0.000797. The molecule has 0 atom stereocenters. The number of hydrogen-bond donors (Lipinski definition) is 0. The Morgan fingerprint density at radius 3 is 2.74 bits per heavy atom. The lowest BCUT2D eigenvalue weighted by molar-refractivity contribution is -0.130. The fourth-order valence-electron chi connectivity index (χ4n) is 2.19. The van der Waals surface area contributed by atoms with Crippen LogP contribution in [0.4, 0.5) is 0 Å². The highest BCUT2D eigenvalue weighted by Crippen LogP contribution is 2.15. The first-order valence-electron chi connectivity index (χ1n) is 7.37. The number of carbonyl (C=O) groups excluding carboxylic acids is 1. The Hall–Kier alpha value is -2.89. The van der Waals surface area contributed by atoms with Gasteiger partial charge in [-0.15, -0.1) is 0 Å². The van der Waals surface area contributed by atoms with Crippen LogP contribution in [-0.4, -0.2) is 28.0 Å². The van der Waals surface area contributed by atoms with Gasteiger partial charge in [-0.3, -0.25) is 4.79 Å². The third kappa shape index (κ3) is 3.85. The van der Waals surface area contributed by atoms with E-state index >= 15 is 0 Å². The molecule has 0 radical (unpaired) electrons. The van der Waals surface area contributed by atoms with E-state index in [1.807, 2.05) is 36.4 Å². The Morgan fingerprint density at radius 2 is 2.00 bits per heavy atom. The first kappa shape index (κ1) is 15.0. The van der Waals surface area contributed by atoms with Crippen molar-refractivity contribution in [2.24, 2.45) is 0 Å². The van der Waals surface area contributed by atoms with Crippen LogP contribution in [0.5, 0.6) is 0 Å². The molecule has 0 unspecified atom stereocenters. The van der Waals surface area contributed by atoms with Gasteiger partial charge in [-0.25, -0.2) is 0 Å². The molecule has 0 fully saturated rings. The SMILES string of the molecule is CN(Cc1ccco1)C(=O)CCc1nc(-c2ccccc2)no1. The second-order valence-electron chi connectivity index (χ2n) is 5.21. The van der Waals surface area contributed by atoms with Crippen molar-refractivity contribution in [3.63, 3.8) is 0 Å². The maximum Gasteiger partial charge on any atom is 0.227 e. The summed E-state index contributed by atoms with van der Waals surface area (Å²) in [7, 11) is 1.74. The normalized spacial score (nSPS) is 10.7. The highest BCUT2D eigenvalue weighted by Gasteiger charge is 2.14. The number of nitrogens with zero attached hydrogens (tertiary/aromatic N) is 3. The molecule has 0 aliphatic heterocycles. The molecule has 2 aromatic heterocycles. The van der Waals surface area contributed by atoms with Crippen molar-refractivity contribution >= 4 is 5.91 Å². The van der Waals surface area contributed by atoms with Crippen molar-refractivity contribution in [2.45, 2.75) is 19.4 Å². The molecule has 0 aliphatic rings. The van der Waals surface area contributed by atoms with Gasteiger partial charge in [0.25, 0.3) is 0 Å². The molecule has 0 saturated carbocycles. The highest BCUT2D eigenvalue weighted by atomic mass is 16.5. The van der Waals surface area contributed by atoms with E-state index in [1.165, 1.54) is 0 Å². The van der Waals surface area contributed by atoms with Crippen LogP contribution in [0, 0.1) is 0 Å². The Morgan fingerprint density at radius 1 is 1.17 bits per heavy atom. The second-order valence-corrected chi connectivity index (χ2v) is 5.21. The summed E-state index contributed by atoms with van der Waals surface area (Å²) < 4.78 is 10.4. The van der Waals surface area contributed by atoms with E-state index in [-0.39, 0.29) is 5.91 Å². The molecule has 3 aromatic rings. The largest absolute Gasteiger partial charge is 0.467 e. The van der Waals surface area contributed by atoms with Crippen LogP contribution in [0.15, 0.2) is 57.7 Å². The molecule has 0 spiro atoms. The number of hydrogen-bond acceptors (Lipinski definition) is 5. The molecule has 0 bridgehead atoms. The zero-order chi connectivity index (χ0) is 16.1. The second kappa shape index (κ2) is 6.91. The predicted octanol–water partition coefficient (Wildman–Crippen LogP) is 2.92. The molecule has 1 amide bonds. The molecule has 6 heteroatoms. The van der Waals surface area contributed by atoms with Gasteiger partial charge in [0.1, 0.15) is 5.76 Å². The fourth-order valence-corrected chi connectivity index (χ4v) is 2.19. The highest BCUT2D eigenvalue weighted by molar-refractivity contribution is 5.75. The van der Waals surface area contributed by atoms with Gasteiger partial charge in [0.2, 0.25) is 17.6 Å². The summed E-state index contributed by atoms with van der Waals surface area (Å²) in [4.78, 5) is 18.1. The van der Waals surface area contributed by atoms with E-state index in [9.17, 15) is 4.79 Å². The van der Waals surface area contributed by atoms with Crippen molar-refractivity contribution in [1.29, 1.82) is 0 Å². The van der Waals surface area contributed by atoms with Gasteiger partial charge in [0.15, 0.2) is 0 Å². The Balaban J connectivity index is 1.54. The van der Waals surface area contributed by atoms with Crippen LogP contribution in [0.2, 0.25) is 0 Å². The number of aryl methyl sites for hydroxylation is 1. The summed E-state index contributed by atoms with van der Waals surface area (Å²) in [6, 6.07) is 13.2. The summed E-state index contributed by atoms with van der Waals surface area (Å²) in [5.41, 5.74) is 0.892. The molecule has 6 nitrogen and oxygen atoms in total. The van der Waals surface area contributed by atoms with Crippen LogP contribution >= 0.6 is 0 Å². The van der Waals surface area contributed by atoms with Crippen LogP contribution in [0.1, 0.15) is 18.1 Å². The molecule has 2 heterocycles. The third-order valence-electron chi connectivity index (χ3n) is 3.45. The van der Waals surface area contributed by atoms with E-state index in [4.69, 9.17) is 8.94 Å². The molecule has 23 heavy (non-hydrogen) atoms. The fraction of sp³-hybridized carbons (Fsp3) is 0.235. The van der Waals surface area contributed by atoms with Crippen LogP contribution < -0.4 is 0 Å². The lowest BCUT2D eigenvalue weighted by Crippen LogP contribution is -2.26. The first-order valence-corrected chi connectivity index (χ1v) is 7.37. The van der Waals surface area contributed by atoms with E-state index < -0.39 is 0 Å². The lowest BCUT2D eigenvalue weighted by Gasteiger charge is -2.14. The maximum absolute atomic E-state index is 12.1. The van der Waals surface area contributed by atoms with Crippen LogP contribution in [0.25, 0.3) is 11.4 Å². The number of carbonyl (C=O) groups is 1. The summed E-state index contributed by atoms with van der Waals surface area (Å²) in [5.74, 6) is 1.76. The standard InChI is InChI=1S/C17H17N3O3/c1-20(12-14-8-5-11-22-14)16(21)10-9-15-18-17(19-23-15)13-6-3-2-4-7-13/h2-8,11H,9-10,12H2,1H3. The minimum Gasteiger partial charge on any atom is -0.467 e. The first-order chi connectivity index (χ1) is 11.2. The van der Waals surface area contributed by atoms with Gasteiger partial charge in [-0.05, 0) is 12.1 Å². The van der Waals surface area contributed by atoms with Crippen molar-refractivity contribution < 1.29 is 13.7 Å². The third-order valence-corrected chi connectivity index (χ3v) is 3.45. The van der Waals surface area contributed by atoms with Gasteiger partial charge in [0, 0.05) is 25.5 Å². The van der Waals surface area contributed by atoms with Crippen LogP contribution in [-0.2, 0) is 17.8 Å². The van der Waals surface area contributed by atoms with E-state index in [2.05, 4.69) is 10.1 Å². The molecular weight excluding hydrogens is 294 g/mol. The molecular formula is C17H17N3O3. The van der Waals surface area contributed by atoms with E-state index in [1.54, 1.807) is 24.3 Å². The summed E-state index contributed by atoms with van der Waals surface area (Å²) >= 11 is 0. The molecule has 1 aromatic carbocycles. The Bertz CT molecular complexity index is 751. The van der Waals surface area contributed by atoms with Gasteiger partial charge >= 0.3 is 0 Å². The zero-order valence-corrected chi connectivity index (χ0v) is 12.8. The molecule has 0 aliphatic carbocycles. The average molecular weight is 311 g/mol. The van der Waals surface area contributed by atoms with Gasteiger partial charge < -0.3 is 13.8 Å². The Kier molecular flexibility index (Phi) is 4.52. The van der Waals surface area contributed by atoms with E-state index in [0.29, 0.717) is 31.1 Å². The smallest absolute Gasteiger partial charge is 0.227 e. The molecule has 0 N–H and O–H groups in total. The van der Waals surface area contributed by atoms with Gasteiger partial charge in [0.05, 0.1) is 12.8 Å². The van der Waals surface area contributed by atoms with Gasteiger partial charge in [-0.1, -0.05) is 35.5 Å². The van der Waals surface area contributed by atoms with Crippen molar-refractivity contribution in [3.8, 4) is 11.4 Å². The molecule has 118 valence electrons. The predicted molar refractivity (Wildman–Crippen MR) is 83.2 cm³/mol. The lowest BCUT2D eigenvalue weighted by atomic mass is 10.2. The topological polar surface area (TPSA) is 72.4 Å². The van der Waals surface area contributed by atoms with Crippen LogP contribution in [0.3, 0.4) is 0 Å². The number of amides is 1. The zero-order valence-electron chi connectivity index (χ0n) is 12.8. The number of rotatable bonds is 6.